The van der Waals surface area contributed by atoms with Crippen LogP contribution < -0.4 is 20.8 Å². The van der Waals surface area contributed by atoms with Crippen molar-refractivity contribution in [2.24, 2.45) is 0 Å². The van der Waals surface area contributed by atoms with Crippen LogP contribution in [0.5, 0.6) is 0 Å². The number of benzene rings is 3. The lowest BCUT2D eigenvalue weighted by Crippen LogP contribution is -2.53. The molecule has 0 N–H and O–H groups in total. The number of rotatable bonds is 2. The first-order valence-electron chi connectivity index (χ1n) is 9.34. The molecular formula is C23H25N2P+2. The molecule has 0 unspecified atom stereocenters. The number of nitrogens with zero attached hydrogens (tertiary/aromatic N) is 2. The van der Waals surface area contributed by atoms with Crippen molar-refractivity contribution in [1.29, 1.82) is 0 Å². The Bertz CT molecular complexity index is 897. The van der Waals surface area contributed by atoms with Gasteiger partial charge in [0.2, 0.25) is 0 Å². The van der Waals surface area contributed by atoms with E-state index in [1.165, 1.54) is 22.8 Å². The molecule has 3 aromatic rings. The van der Waals surface area contributed by atoms with Crippen molar-refractivity contribution >= 4 is 28.9 Å². The van der Waals surface area contributed by atoms with Gasteiger partial charge in [0.05, 0.1) is 26.3 Å². The highest BCUT2D eigenvalue weighted by Gasteiger charge is 2.70. The Kier molecular flexibility index (Phi) is 3.50. The van der Waals surface area contributed by atoms with Crippen molar-refractivity contribution in [2.75, 3.05) is 32.1 Å². The zero-order valence-electron chi connectivity index (χ0n) is 15.4. The maximum Gasteiger partial charge on any atom is 0.282 e. The van der Waals surface area contributed by atoms with E-state index in [0.29, 0.717) is 5.91 Å². The minimum absolute atomic E-state index is 0.477. The molecule has 3 aromatic carbocycles. The molecule has 0 spiro atoms. The molecule has 0 aromatic heterocycles. The average molecular weight is 360 g/mol. The van der Waals surface area contributed by atoms with E-state index >= 15 is 0 Å². The van der Waals surface area contributed by atoms with Crippen LogP contribution in [0, 0.1) is 0 Å². The van der Waals surface area contributed by atoms with Gasteiger partial charge in [-0.25, -0.2) is 0 Å². The number of quaternary nitrogens is 1. The first kappa shape index (κ1) is 16.1. The molecule has 1 atom stereocenters. The molecule has 3 heteroatoms. The Morgan fingerprint density at radius 1 is 0.769 bits per heavy atom. The lowest BCUT2D eigenvalue weighted by atomic mass is 10.3. The fraction of sp³-hybridized carbons (Fsp3) is 0.217. The molecule has 2 aliphatic rings. The minimum Gasteiger partial charge on any atom is -0.280 e. The topological polar surface area (TPSA) is 3.24 Å². The van der Waals surface area contributed by atoms with Crippen LogP contribution in [0.2, 0.25) is 0 Å². The van der Waals surface area contributed by atoms with Gasteiger partial charge in [-0.1, -0.05) is 48.5 Å². The molecule has 2 aliphatic heterocycles. The Balaban J connectivity index is 1.91. The molecule has 0 aliphatic carbocycles. The summed E-state index contributed by atoms with van der Waals surface area (Å²) in [7, 11) is 3.06. The predicted molar refractivity (Wildman–Crippen MR) is 113 cm³/mol. The van der Waals surface area contributed by atoms with Gasteiger partial charge in [0.15, 0.2) is 7.26 Å². The van der Waals surface area contributed by atoms with Crippen LogP contribution in [0.4, 0.5) is 5.69 Å². The summed E-state index contributed by atoms with van der Waals surface area (Å²) in [5.41, 5.74) is 1.45. The Labute approximate surface area is 156 Å². The van der Waals surface area contributed by atoms with Crippen LogP contribution in [0.15, 0.2) is 84.9 Å². The number of hydrogen-bond acceptors (Lipinski definition) is 1. The molecular weight excluding hydrogens is 335 g/mol. The standard InChI is InChI=1S/C23H25N2P/c1-25(2)18-17-24-21-15-9-10-16-22(21)26(23(24)25,19-11-5-3-6-12-19)20-13-7-4-8-14-20/h3-16,23H,17-18H2,1-2H3/q+2/t23-/m1/s1. The molecule has 130 valence electrons. The van der Waals surface area contributed by atoms with Crippen LogP contribution in [0.25, 0.3) is 0 Å². The first-order chi connectivity index (χ1) is 12.7. The molecule has 2 nitrogen and oxygen atoms in total. The van der Waals surface area contributed by atoms with E-state index in [9.17, 15) is 0 Å². The fourth-order valence-corrected chi connectivity index (χ4v) is 10.6. The highest BCUT2D eigenvalue weighted by molar-refractivity contribution is 7.96. The van der Waals surface area contributed by atoms with Gasteiger partial charge in [-0.2, -0.15) is 0 Å². The summed E-state index contributed by atoms with van der Waals surface area (Å²) < 4.78 is 1.05. The van der Waals surface area contributed by atoms with E-state index in [2.05, 4.69) is 104 Å². The van der Waals surface area contributed by atoms with Gasteiger partial charge in [-0.3, -0.25) is 9.38 Å². The lowest BCUT2D eigenvalue weighted by Gasteiger charge is -2.37. The number of likely N-dealkylation sites (N-methyl/N-ethyl adjacent to an activating group) is 1. The normalized spacial score (nSPS) is 22.1. The van der Waals surface area contributed by atoms with Crippen LogP contribution in [0.3, 0.4) is 0 Å². The van der Waals surface area contributed by atoms with Crippen LogP contribution in [-0.4, -0.2) is 37.6 Å². The van der Waals surface area contributed by atoms with Crippen LogP contribution in [-0.2, 0) is 0 Å². The van der Waals surface area contributed by atoms with E-state index < -0.39 is 7.26 Å². The largest absolute Gasteiger partial charge is 0.282 e. The molecule has 2 heterocycles. The average Bonchev–Trinajstić information content (AvgIpc) is 3.17. The molecule has 0 radical (unpaired) electrons. The Hall–Kier alpha value is -2.15. The second kappa shape index (κ2) is 5.67. The summed E-state index contributed by atoms with van der Waals surface area (Å²) in [6.45, 7) is 2.33. The first-order valence-corrected chi connectivity index (χ1v) is 11.2. The lowest BCUT2D eigenvalue weighted by molar-refractivity contribution is -0.887. The van der Waals surface area contributed by atoms with Gasteiger partial charge in [0, 0.05) is 0 Å². The van der Waals surface area contributed by atoms with Crippen LogP contribution in [0.1, 0.15) is 0 Å². The maximum absolute atomic E-state index is 2.70. The number of anilines is 1. The van der Waals surface area contributed by atoms with Gasteiger partial charge in [0.1, 0.15) is 22.5 Å². The van der Waals surface area contributed by atoms with Gasteiger partial charge in [-0.05, 0) is 36.4 Å². The highest BCUT2D eigenvalue weighted by atomic mass is 31.2. The SMILES string of the molecule is C[N+]1(C)CCN2c3ccccc3[P+](c3ccccc3)(c3ccccc3)[C@H]21. The molecule has 0 bridgehead atoms. The van der Waals surface area contributed by atoms with E-state index in [4.69, 9.17) is 0 Å². The third-order valence-corrected chi connectivity index (χ3v) is 11.0. The third kappa shape index (κ3) is 2.00. The summed E-state index contributed by atoms with van der Waals surface area (Å²) in [5.74, 6) is 0.477. The zero-order chi connectivity index (χ0) is 17.8. The van der Waals surface area contributed by atoms with E-state index in [-0.39, 0.29) is 0 Å². The second-order valence-electron chi connectivity index (χ2n) is 7.92. The smallest absolute Gasteiger partial charge is 0.280 e. The summed E-state index contributed by atoms with van der Waals surface area (Å²) in [6, 6.07) is 31.7. The Morgan fingerprint density at radius 3 is 1.92 bits per heavy atom. The highest BCUT2D eigenvalue weighted by Crippen LogP contribution is 2.69. The maximum atomic E-state index is 2.70. The molecule has 5 rings (SSSR count). The predicted octanol–water partition coefficient (Wildman–Crippen LogP) is 3.17. The third-order valence-electron chi connectivity index (χ3n) is 6.07. The minimum atomic E-state index is -1.77. The van der Waals surface area contributed by atoms with Crippen molar-refractivity contribution in [3.8, 4) is 0 Å². The molecule has 1 fully saturated rings. The van der Waals surface area contributed by atoms with Gasteiger partial charge in [-0.15, -0.1) is 0 Å². The number of hydrogen-bond donors (Lipinski definition) is 0. The summed E-state index contributed by atoms with van der Waals surface area (Å²) in [5, 5.41) is 4.55. The summed E-state index contributed by atoms with van der Waals surface area (Å²) in [6.07, 6.45) is 0. The van der Waals surface area contributed by atoms with Crippen molar-refractivity contribution in [3.05, 3.63) is 84.9 Å². The van der Waals surface area contributed by atoms with E-state index in [1.807, 2.05) is 0 Å². The van der Waals surface area contributed by atoms with Gasteiger partial charge < -0.3 is 0 Å². The summed E-state index contributed by atoms with van der Waals surface area (Å²) in [4.78, 5) is 2.70. The van der Waals surface area contributed by atoms with Crippen molar-refractivity contribution in [3.63, 3.8) is 0 Å². The fourth-order valence-electron chi connectivity index (χ4n) is 5.05. The Morgan fingerprint density at radius 2 is 1.31 bits per heavy atom. The zero-order valence-corrected chi connectivity index (χ0v) is 16.3. The molecule has 1 saturated heterocycles. The van der Waals surface area contributed by atoms with E-state index in [0.717, 1.165) is 11.0 Å². The van der Waals surface area contributed by atoms with Gasteiger partial charge in [0.25, 0.3) is 5.91 Å². The monoisotopic (exact) mass is 360 g/mol. The van der Waals surface area contributed by atoms with Gasteiger partial charge >= 0.3 is 0 Å². The molecule has 26 heavy (non-hydrogen) atoms. The van der Waals surface area contributed by atoms with E-state index in [1.54, 1.807) is 5.30 Å². The molecule has 0 saturated carbocycles. The van der Waals surface area contributed by atoms with Crippen molar-refractivity contribution < 1.29 is 4.48 Å². The van der Waals surface area contributed by atoms with Crippen molar-refractivity contribution in [2.45, 2.75) is 5.91 Å². The second-order valence-corrected chi connectivity index (χ2v) is 11.3. The van der Waals surface area contributed by atoms with Crippen LogP contribution >= 0.6 is 7.26 Å². The summed E-state index contributed by atoms with van der Waals surface area (Å²) >= 11 is 0. The number of fused-ring (bicyclic) bond motifs is 3. The quantitative estimate of drug-likeness (QED) is 0.501. The molecule has 0 amide bonds. The number of para-hydroxylation sites is 1. The van der Waals surface area contributed by atoms with Crippen molar-refractivity contribution in [1.82, 2.24) is 0 Å².